The number of aromatic nitrogens is 1. The standard InChI is InChI=1S/C30H49F3N8/c1-8-23(28(21(3)4)41(35-6)24-10-11-24)12-13-36-27-18-26(25(19-34)29(37-27)30(31,32)33)39(9-2)20-22(5)40-16-14-38(7)15-17-40/h18,22-24,35H,8-17,20H2,1-7H3,(H,36,37). The molecule has 2 fully saturated rings. The van der Waals surface area contributed by atoms with Gasteiger partial charge >= 0.3 is 6.18 Å². The minimum atomic E-state index is -4.74. The van der Waals surface area contributed by atoms with Crippen molar-refractivity contribution in [2.45, 2.75) is 78.6 Å². The van der Waals surface area contributed by atoms with E-state index in [1.807, 2.05) is 24.9 Å². The Bertz CT molecular complexity index is 1070. The number of hydrogen-bond donors (Lipinski definition) is 2. The van der Waals surface area contributed by atoms with Crippen LogP contribution in [0.3, 0.4) is 0 Å². The van der Waals surface area contributed by atoms with E-state index in [9.17, 15) is 18.4 Å². The third-order valence-corrected chi connectivity index (χ3v) is 8.35. The summed E-state index contributed by atoms with van der Waals surface area (Å²) in [5.74, 6) is 0.398. The van der Waals surface area contributed by atoms with Gasteiger partial charge in [-0.05, 0) is 60.4 Å². The molecule has 1 aromatic rings. The minimum Gasteiger partial charge on any atom is -0.370 e. The van der Waals surface area contributed by atoms with Crippen molar-refractivity contribution in [3.05, 3.63) is 28.6 Å². The first-order chi connectivity index (χ1) is 19.4. The van der Waals surface area contributed by atoms with Gasteiger partial charge in [-0.15, -0.1) is 0 Å². The first kappa shape index (κ1) is 33.0. The van der Waals surface area contributed by atoms with Gasteiger partial charge in [-0.2, -0.15) is 18.4 Å². The highest BCUT2D eigenvalue weighted by atomic mass is 19.4. The van der Waals surface area contributed by atoms with Crippen LogP contribution in [0.4, 0.5) is 24.7 Å². The van der Waals surface area contributed by atoms with Gasteiger partial charge in [0.1, 0.15) is 17.5 Å². The monoisotopic (exact) mass is 578 g/mol. The molecule has 2 atom stereocenters. The van der Waals surface area contributed by atoms with E-state index < -0.39 is 17.4 Å². The normalized spacial score (nSPS) is 18.0. The van der Waals surface area contributed by atoms with Crippen LogP contribution in [0.5, 0.6) is 0 Å². The van der Waals surface area contributed by atoms with Gasteiger partial charge in [0.25, 0.3) is 0 Å². The molecule has 0 spiro atoms. The van der Waals surface area contributed by atoms with Crippen molar-refractivity contribution < 1.29 is 13.2 Å². The molecule has 3 rings (SSSR count). The molecular weight excluding hydrogens is 529 g/mol. The number of anilines is 2. The fourth-order valence-electron chi connectivity index (χ4n) is 5.87. The maximum atomic E-state index is 14.2. The largest absolute Gasteiger partial charge is 0.434 e. The van der Waals surface area contributed by atoms with E-state index in [0.29, 0.717) is 25.7 Å². The molecule has 2 N–H and O–H groups in total. The lowest BCUT2D eigenvalue weighted by atomic mass is 9.94. The Hall–Kier alpha value is -2.55. The highest BCUT2D eigenvalue weighted by Gasteiger charge is 2.38. The average molecular weight is 579 g/mol. The summed E-state index contributed by atoms with van der Waals surface area (Å²) < 4.78 is 42.5. The molecule has 41 heavy (non-hydrogen) atoms. The summed E-state index contributed by atoms with van der Waals surface area (Å²) in [6.07, 6.45) is -0.755. The van der Waals surface area contributed by atoms with E-state index in [4.69, 9.17) is 0 Å². The average Bonchev–Trinajstić information content (AvgIpc) is 3.77. The fraction of sp³-hybridized carbons (Fsp3) is 0.733. The lowest BCUT2D eigenvalue weighted by Crippen LogP contribution is -2.51. The first-order valence-electron chi connectivity index (χ1n) is 15.0. The van der Waals surface area contributed by atoms with E-state index in [1.54, 1.807) is 6.07 Å². The summed E-state index contributed by atoms with van der Waals surface area (Å²) in [5, 5.41) is 15.3. The number of hydrazine groups is 1. The summed E-state index contributed by atoms with van der Waals surface area (Å²) in [5.41, 5.74) is 4.60. The van der Waals surface area contributed by atoms with Crippen LogP contribution in [0.1, 0.15) is 71.6 Å². The molecule has 0 radical (unpaired) electrons. The maximum absolute atomic E-state index is 14.2. The number of halogens is 3. The van der Waals surface area contributed by atoms with Crippen LogP contribution in [0.25, 0.3) is 0 Å². The zero-order valence-electron chi connectivity index (χ0n) is 25.9. The SMILES string of the molecule is CCC(CCNc1cc(N(CC)CC(C)N2CCN(C)CC2)c(C#N)c(C(F)(F)F)n1)C(=C(C)C)N(NC)C1CC1. The van der Waals surface area contributed by atoms with Crippen LogP contribution in [0, 0.1) is 17.2 Å². The summed E-state index contributed by atoms with van der Waals surface area (Å²) in [4.78, 5) is 10.5. The molecule has 0 aromatic carbocycles. The Balaban J connectivity index is 1.84. The number of nitriles is 1. The van der Waals surface area contributed by atoms with E-state index >= 15 is 0 Å². The van der Waals surface area contributed by atoms with Crippen molar-refractivity contribution in [3.63, 3.8) is 0 Å². The summed E-state index contributed by atoms with van der Waals surface area (Å²) in [6.45, 7) is 15.6. The number of pyridine rings is 1. The lowest BCUT2D eigenvalue weighted by molar-refractivity contribution is -0.141. The van der Waals surface area contributed by atoms with Crippen molar-refractivity contribution in [1.29, 1.82) is 5.26 Å². The molecule has 0 bridgehead atoms. The smallest absolute Gasteiger partial charge is 0.370 e. The number of hydrogen-bond acceptors (Lipinski definition) is 8. The van der Waals surface area contributed by atoms with Gasteiger partial charge in [0.05, 0.1) is 5.69 Å². The summed E-state index contributed by atoms with van der Waals surface area (Å²) >= 11 is 0. The molecule has 230 valence electrons. The van der Waals surface area contributed by atoms with E-state index in [2.05, 4.69) is 65.3 Å². The molecule has 1 aliphatic heterocycles. The van der Waals surface area contributed by atoms with Gasteiger partial charge in [0.15, 0.2) is 5.69 Å². The topological polar surface area (TPSA) is 73.7 Å². The number of rotatable bonds is 14. The van der Waals surface area contributed by atoms with Gasteiger partial charge in [-0.1, -0.05) is 12.5 Å². The second-order valence-corrected chi connectivity index (χ2v) is 11.6. The molecule has 2 unspecified atom stereocenters. The number of piperazine rings is 1. The first-order valence-corrected chi connectivity index (χ1v) is 15.0. The van der Waals surface area contributed by atoms with Crippen molar-refractivity contribution in [1.82, 2.24) is 25.2 Å². The Labute approximate surface area is 244 Å². The van der Waals surface area contributed by atoms with Gasteiger partial charge in [0.2, 0.25) is 0 Å². The Morgan fingerprint density at radius 3 is 2.34 bits per heavy atom. The fourth-order valence-corrected chi connectivity index (χ4v) is 5.87. The number of nitrogens with zero attached hydrogens (tertiary/aromatic N) is 6. The molecule has 0 amide bonds. The molecular formula is C30H49F3N8. The van der Waals surface area contributed by atoms with E-state index in [-0.39, 0.29) is 23.5 Å². The minimum absolute atomic E-state index is 0.128. The quantitative estimate of drug-likeness (QED) is 0.294. The van der Waals surface area contributed by atoms with Gasteiger partial charge in [-0.25, -0.2) is 10.4 Å². The molecule has 11 heteroatoms. The maximum Gasteiger partial charge on any atom is 0.434 e. The van der Waals surface area contributed by atoms with Gasteiger partial charge in [0, 0.05) is 82.6 Å². The highest BCUT2D eigenvalue weighted by Crippen LogP contribution is 2.37. The highest BCUT2D eigenvalue weighted by molar-refractivity contribution is 5.66. The zero-order chi connectivity index (χ0) is 30.3. The van der Waals surface area contributed by atoms with Crippen LogP contribution < -0.4 is 15.6 Å². The predicted octanol–water partition coefficient (Wildman–Crippen LogP) is 5.16. The number of nitrogens with one attached hydrogen (secondary N) is 2. The Kier molecular flexibility index (Phi) is 11.7. The molecule has 1 saturated heterocycles. The third kappa shape index (κ3) is 8.49. The van der Waals surface area contributed by atoms with Crippen molar-refractivity contribution in [3.8, 4) is 6.07 Å². The Morgan fingerprint density at radius 1 is 1.20 bits per heavy atom. The molecule has 1 aromatic heterocycles. The second-order valence-electron chi connectivity index (χ2n) is 11.6. The van der Waals surface area contributed by atoms with Gasteiger partial charge < -0.3 is 20.1 Å². The Morgan fingerprint density at radius 2 is 1.85 bits per heavy atom. The molecule has 1 aliphatic carbocycles. The number of allylic oxidation sites excluding steroid dienone is 2. The van der Waals surface area contributed by atoms with E-state index in [0.717, 1.165) is 51.9 Å². The number of alkyl halides is 3. The zero-order valence-corrected chi connectivity index (χ0v) is 25.9. The van der Waals surface area contributed by atoms with Crippen molar-refractivity contribution in [2.75, 3.05) is 70.1 Å². The van der Waals surface area contributed by atoms with Crippen LogP contribution >= 0.6 is 0 Å². The lowest BCUT2D eigenvalue weighted by Gasteiger charge is -2.39. The van der Waals surface area contributed by atoms with Gasteiger partial charge in [-0.3, -0.25) is 4.90 Å². The summed E-state index contributed by atoms with van der Waals surface area (Å²) in [7, 11) is 4.04. The number of likely N-dealkylation sites (N-methyl/N-ethyl adjacent to an activating group) is 2. The molecule has 2 aliphatic rings. The van der Waals surface area contributed by atoms with Crippen LogP contribution in [0.2, 0.25) is 0 Å². The third-order valence-electron chi connectivity index (χ3n) is 8.35. The van der Waals surface area contributed by atoms with Crippen LogP contribution in [0.15, 0.2) is 17.3 Å². The van der Waals surface area contributed by atoms with Crippen molar-refractivity contribution >= 4 is 11.5 Å². The molecule has 2 heterocycles. The van der Waals surface area contributed by atoms with E-state index in [1.165, 1.54) is 11.3 Å². The van der Waals surface area contributed by atoms with Crippen LogP contribution in [-0.4, -0.2) is 91.8 Å². The van der Waals surface area contributed by atoms with Crippen LogP contribution in [-0.2, 0) is 6.18 Å². The molecule has 1 saturated carbocycles. The predicted molar refractivity (Wildman–Crippen MR) is 160 cm³/mol. The molecule has 8 nitrogen and oxygen atoms in total. The second kappa shape index (κ2) is 14.6. The summed E-state index contributed by atoms with van der Waals surface area (Å²) in [6, 6.07) is 4.08. The van der Waals surface area contributed by atoms with Crippen molar-refractivity contribution in [2.24, 2.45) is 5.92 Å².